The Labute approximate surface area is 193 Å². The molecule has 2 aliphatic heterocycles. The summed E-state index contributed by atoms with van der Waals surface area (Å²) >= 11 is 0. The van der Waals surface area contributed by atoms with Gasteiger partial charge < -0.3 is 15.0 Å². The van der Waals surface area contributed by atoms with E-state index in [0.29, 0.717) is 6.54 Å². The molecule has 33 heavy (non-hydrogen) atoms. The number of carbonyl (C=O) groups excluding carboxylic acids is 1. The number of amides is 1. The molecule has 1 aliphatic carbocycles. The van der Waals surface area contributed by atoms with Gasteiger partial charge in [0.25, 0.3) is 0 Å². The monoisotopic (exact) mass is 443 g/mol. The lowest BCUT2D eigenvalue weighted by molar-refractivity contribution is -0.124. The van der Waals surface area contributed by atoms with Crippen molar-refractivity contribution in [3.63, 3.8) is 0 Å². The SMILES string of the molecule is COC1CCC(C(=O)N2Cc3cccnc3Nc3ccc(-c4cnn5c4CCC5)cc32)CC1. The quantitative estimate of drug-likeness (QED) is 0.636. The van der Waals surface area contributed by atoms with Crippen LogP contribution < -0.4 is 10.2 Å². The topological polar surface area (TPSA) is 72.3 Å². The standard InChI is InChI=1S/C26H29N5O2/c1-33-20-9-6-17(7-10-20)26(32)30-16-19-4-2-12-27-25(19)29-22-11-8-18(14-24(22)30)21-15-28-31-13-3-5-23(21)31/h2,4,8,11-12,14-15,17,20H,3,5-7,9-10,13,16H2,1H3,(H,27,29). The van der Waals surface area contributed by atoms with Gasteiger partial charge in [0, 0.05) is 42.6 Å². The zero-order valence-corrected chi connectivity index (χ0v) is 19.0. The number of anilines is 3. The predicted molar refractivity (Wildman–Crippen MR) is 127 cm³/mol. The third-order valence-electron chi connectivity index (χ3n) is 7.43. The van der Waals surface area contributed by atoms with Crippen molar-refractivity contribution < 1.29 is 9.53 Å². The van der Waals surface area contributed by atoms with Gasteiger partial charge in [-0.3, -0.25) is 9.48 Å². The average Bonchev–Trinajstić information content (AvgIpc) is 3.44. The van der Waals surface area contributed by atoms with Crippen LogP contribution in [0.2, 0.25) is 0 Å². The maximum Gasteiger partial charge on any atom is 0.230 e. The first-order valence-corrected chi connectivity index (χ1v) is 12.0. The highest BCUT2D eigenvalue weighted by Crippen LogP contribution is 2.40. The van der Waals surface area contributed by atoms with Crippen molar-refractivity contribution in [3.05, 3.63) is 54.0 Å². The van der Waals surface area contributed by atoms with Gasteiger partial charge in [0.1, 0.15) is 5.82 Å². The van der Waals surface area contributed by atoms with Crippen LogP contribution in [0.25, 0.3) is 11.1 Å². The molecule has 0 saturated heterocycles. The fraction of sp³-hybridized carbons (Fsp3) is 0.423. The van der Waals surface area contributed by atoms with Gasteiger partial charge in [-0.2, -0.15) is 5.10 Å². The number of rotatable bonds is 3. The lowest BCUT2D eigenvalue weighted by atomic mass is 9.86. The second-order valence-corrected chi connectivity index (χ2v) is 9.33. The number of aryl methyl sites for hydroxylation is 1. The fourth-order valence-corrected chi connectivity index (χ4v) is 5.56. The van der Waals surface area contributed by atoms with Crippen molar-refractivity contribution in [1.29, 1.82) is 0 Å². The molecular formula is C26H29N5O2. The largest absolute Gasteiger partial charge is 0.381 e. The van der Waals surface area contributed by atoms with E-state index < -0.39 is 0 Å². The number of hydrogen-bond acceptors (Lipinski definition) is 5. The zero-order chi connectivity index (χ0) is 22.4. The highest BCUT2D eigenvalue weighted by Gasteiger charge is 2.33. The molecule has 7 heteroatoms. The first kappa shape index (κ1) is 20.4. The maximum atomic E-state index is 13.9. The van der Waals surface area contributed by atoms with Gasteiger partial charge in [-0.25, -0.2) is 4.98 Å². The minimum absolute atomic E-state index is 0.0199. The number of aromatic nitrogens is 3. The van der Waals surface area contributed by atoms with E-state index in [0.717, 1.165) is 73.4 Å². The molecule has 170 valence electrons. The number of benzene rings is 1. The van der Waals surface area contributed by atoms with Gasteiger partial charge in [-0.15, -0.1) is 0 Å². The Hall–Kier alpha value is -3.19. The molecular weight excluding hydrogens is 414 g/mol. The summed E-state index contributed by atoms with van der Waals surface area (Å²) in [5, 5.41) is 8.06. The van der Waals surface area contributed by atoms with Gasteiger partial charge in [0.2, 0.25) is 5.91 Å². The molecule has 0 atom stereocenters. The molecule has 0 unspecified atom stereocenters. The third kappa shape index (κ3) is 3.60. The number of carbonyl (C=O) groups is 1. The minimum atomic E-state index is 0.0199. The van der Waals surface area contributed by atoms with Crippen LogP contribution in [-0.4, -0.2) is 33.9 Å². The lowest BCUT2D eigenvalue weighted by Crippen LogP contribution is -2.38. The molecule has 7 nitrogen and oxygen atoms in total. The van der Waals surface area contributed by atoms with Gasteiger partial charge in [-0.05, 0) is 62.3 Å². The van der Waals surface area contributed by atoms with Crippen LogP contribution in [-0.2, 0) is 29.0 Å². The average molecular weight is 444 g/mol. The summed E-state index contributed by atoms with van der Waals surface area (Å²) in [5.41, 5.74) is 6.43. The normalized spacial score (nSPS) is 21.5. The van der Waals surface area contributed by atoms with Crippen molar-refractivity contribution in [3.8, 4) is 11.1 Å². The molecule has 3 aromatic rings. The molecule has 2 aromatic heterocycles. The van der Waals surface area contributed by atoms with Gasteiger partial charge in [0.15, 0.2) is 0 Å². The molecule has 1 N–H and O–H groups in total. The number of fused-ring (bicyclic) bond motifs is 3. The summed E-state index contributed by atoms with van der Waals surface area (Å²) in [5.74, 6) is 1.03. The molecule has 0 bridgehead atoms. The summed E-state index contributed by atoms with van der Waals surface area (Å²) < 4.78 is 7.64. The third-order valence-corrected chi connectivity index (χ3v) is 7.43. The number of hydrogen-bond donors (Lipinski definition) is 1. The Morgan fingerprint density at radius 1 is 1.18 bits per heavy atom. The van der Waals surface area contributed by atoms with Gasteiger partial charge >= 0.3 is 0 Å². The molecule has 0 radical (unpaired) electrons. The highest BCUT2D eigenvalue weighted by molar-refractivity contribution is 6.00. The van der Waals surface area contributed by atoms with Crippen LogP contribution in [0.15, 0.2) is 42.7 Å². The summed E-state index contributed by atoms with van der Waals surface area (Å²) in [6, 6.07) is 10.3. The Kier molecular flexibility index (Phi) is 5.14. The number of nitrogens with zero attached hydrogens (tertiary/aromatic N) is 4. The van der Waals surface area contributed by atoms with E-state index in [9.17, 15) is 4.79 Å². The first-order valence-electron chi connectivity index (χ1n) is 12.0. The Morgan fingerprint density at radius 3 is 2.91 bits per heavy atom. The summed E-state index contributed by atoms with van der Waals surface area (Å²) in [6.45, 7) is 1.50. The van der Waals surface area contributed by atoms with E-state index in [-0.39, 0.29) is 17.9 Å². The Bertz CT molecular complexity index is 1200. The van der Waals surface area contributed by atoms with Crippen LogP contribution >= 0.6 is 0 Å². The number of pyridine rings is 1. The lowest BCUT2D eigenvalue weighted by Gasteiger charge is -2.32. The van der Waals surface area contributed by atoms with Crippen molar-refractivity contribution in [1.82, 2.24) is 14.8 Å². The minimum Gasteiger partial charge on any atom is -0.381 e. The van der Waals surface area contributed by atoms with Crippen LogP contribution in [0.1, 0.15) is 43.4 Å². The van der Waals surface area contributed by atoms with Crippen LogP contribution in [0.5, 0.6) is 0 Å². The predicted octanol–water partition coefficient (Wildman–Crippen LogP) is 4.69. The van der Waals surface area contributed by atoms with Crippen molar-refractivity contribution in [2.75, 3.05) is 17.3 Å². The highest BCUT2D eigenvalue weighted by atomic mass is 16.5. The molecule has 6 rings (SSSR count). The molecule has 0 spiro atoms. The second kappa shape index (κ2) is 8.30. The second-order valence-electron chi connectivity index (χ2n) is 9.33. The Balaban J connectivity index is 1.40. The van der Waals surface area contributed by atoms with E-state index in [1.807, 2.05) is 17.2 Å². The van der Waals surface area contributed by atoms with E-state index >= 15 is 0 Å². The van der Waals surface area contributed by atoms with Crippen LogP contribution in [0.3, 0.4) is 0 Å². The van der Waals surface area contributed by atoms with Gasteiger partial charge in [0.05, 0.1) is 30.2 Å². The van der Waals surface area contributed by atoms with E-state index in [1.54, 1.807) is 13.3 Å². The summed E-state index contributed by atoms with van der Waals surface area (Å²) in [6.07, 6.45) is 9.82. The molecule has 4 heterocycles. The fourth-order valence-electron chi connectivity index (χ4n) is 5.56. The van der Waals surface area contributed by atoms with E-state index in [4.69, 9.17) is 4.74 Å². The molecule has 1 aromatic carbocycles. The number of ether oxygens (including phenoxy) is 1. The van der Waals surface area contributed by atoms with Crippen molar-refractivity contribution >= 4 is 23.1 Å². The Morgan fingerprint density at radius 2 is 2.06 bits per heavy atom. The zero-order valence-electron chi connectivity index (χ0n) is 19.0. The van der Waals surface area contributed by atoms with Crippen LogP contribution in [0.4, 0.5) is 17.2 Å². The maximum absolute atomic E-state index is 13.9. The molecule has 1 amide bonds. The first-order chi connectivity index (χ1) is 16.2. The molecule has 1 saturated carbocycles. The van der Waals surface area contributed by atoms with Gasteiger partial charge in [-0.1, -0.05) is 12.1 Å². The van der Waals surface area contributed by atoms with Crippen molar-refractivity contribution in [2.24, 2.45) is 5.92 Å². The van der Waals surface area contributed by atoms with Crippen molar-refractivity contribution in [2.45, 2.75) is 57.7 Å². The van der Waals surface area contributed by atoms with Crippen LogP contribution in [0, 0.1) is 5.92 Å². The van der Waals surface area contributed by atoms with E-state index in [2.05, 4.69) is 44.3 Å². The summed E-state index contributed by atoms with van der Waals surface area (Å²) in [4.78, 5) is 20.4. The number of nitrogens with one attached hydrogen (secondary N) is 1. The summed E-state index contributed by atoms with van der Waals surface area (Å²) in [7, 11) is 1.77. The van der Waals surface area contributed by atoms with E-state index in [1.165, 1.54) is 11.3 Å². The smallest absolute Gasteiger partial charge is 0.230 e. The molecule has 1 fully saturated rings. The molecule has 3 aliphatic rings. The number of methoxy groups -OCH3 is 1.